The second-order valence-electron chi connectivity index (χ2n) is 6.91. The Bertz CT molecular complexity index is 1080. The zero-order valence-corrected chi connectivity index (χ0v) is 16.4. The van der Waals surface area contributed by atoms with Crippen LogP contribution in [-0.2, 0) is 38.2 Å². The molecule has 2 aliphatic carbocycles. The van der Waals surface area contributed by atoms with Crippen molar-refractivity contribution in [3.8, 4) is 11.3 Å². The van der Waals surface area contributed by atoms with Crippen LogP contribution in [-0.4, -0.2) is 4.57 Å². The van der Waals surface area contributed by atoms with E-state index in [1.807, 2.05) is 0 Å². The summed E-state index contributed by atoms with van der Waals surface area (Å²) in [4.78, 5) is 0. The summed E-state index contributed by atoms with van der Waals surface area (Å²) in [6.07, 6.45) is 6.82. The first-order valence-electron chi connectivity index (χ1n) is 8.47. The number of benzene rings is 2. The van der Waals surface area contributed by atoms with Gasteiger partial charge in [-0.1, -0.05) is 0 Å². The van der Waals surface area contributed by atoms with Crippen LogP contribution >= 0.6 is 0 Å². The first-order valence-corrected chi connectivity index (χ1v) is 9.70. The predicted octanol–water partition coefficient (Wildman–Crippen LogP) is 5.28. The molecule has 0 atom stereocenters. The molecule has 1 heterocycles. The van der Waals surface area contributed by atoms with Gasteiger partial charge in [-0.05, 0) is 0 Å². The van der Waals surface area contributed by atoms with Crippen molar-refractivity contribution < 1.29 is 24.7 Å². The fraction of sp³-hybridized carbons (Fsp3) is 0.182. The topological polar surface area (TPSA) is 4.93 Å². The molecule has 0 aliphatic heterocycles. The molecule has 3 aromatic rings. The van der Waals surface area contributed by atoms with E-state index in [4.69, 9.17) is 0 Å². The molecular weight excluding hydrogens is 369 g/mol. The summed E-state index contributed by atoms with van der Waals surface area (Å²) >= 11 is 1.54. The van der Waals surface area contributed by atoms with E-state index in [0.717, 1.165) is 12.8 Å². The van der Waals surface area contributed by atoms with Crippen molar-refractivity contribution >= 4 is 16.5 Å². The summed E-state index contributed by atoms with van der Waals surface area (Å²) in [5.74, 6) is 0. The van der Waals surface area contributed by atoms with Crippen LogP contribution in [0.5, 0.6) is 0 Å². The fourth-order valence-electron chi connectivity index (χ4n) is 4.34. The number of fused-ring (bicyclic) bond motifs is 5. The Labute approximate surface area is 157 Å². The van der Waals surface area contributed by atoms with E-state index in [1.54, 1.807) is 28.0 Å². The Morgan fingerprint density at radius 1 is 1.04 bits per heavy atom. The van der Waals surface area contributed by atoms with Gasteiger partial charge in [-0.3, -0.25) is 0 Å². The monoisotopic (exact) mass is 386 g/mol. The van der Waals surface area contributed by atoms with Crippen LogP contribution in [0.1, 0.15) is 28.7 Å². The van der Waals surface area contributed by atoms with Gasteiger partial charge in [-0.25, -0.2) is 0 Å². The van der Waals surface area contributed by atoms with Gasteiger partial charge in [0.15, 0.2) is 0 Å². The van der Waals surface area contributed by atoms with Gasteiger partial charge in [0.05, 0.1) is 0 Å². The Morgan fingerprint density at radius 2 is 1.88 bits per heavy atom. The van der Waals surface area contributed by atoms with E-state index < -0.39 is 0 Å². The molecule has 2 aliphatic rings. The van der Waals surface area contributed by atoms with E-state index in [9.17, 15) is 0 Å². The molecule has 1 nitrogen and oxygen atoms in total. The molecule has 0 saturated heterocycles. The van der Waals surface area contributed by atoms with Crippen molar-refractivity contribution in [2.24, 2.45) is 7.05 Å². The van der Waals surface area contributed by atoms with Crippen LogP contribution in [0.2, 0.25) is 0 Å². The van der Waals surface area contributed by atoms with Gasteiger partial charge < -0.3 is 0 Å². The maximum absolute atomic E-state index is 2.39. The van der Waals surface area contributed by atoms with Crippen LogP contribution < -0.4 is 0 Å². The molecule has 0 N–H and O–H groups in total. The van der Waals surface area contributed by atoms with Gasteiger partial charge in [0.2, 0.25) is 0 Å². The average molecular weight is 388 g/mol. The molecule has 0 saturated carbocycles. The minimum atomic E-state index is 1.06. The summed E-state index contributed by atoms with van der Waals surface area (Å²) in [6.45, 7) is 2.19. The zero-order chi connectivity index (χ0) is 16.4. The summed E-state index contributed by atoms with van der Waals surface area (Å²) in [5.41, 5.74) is 11.5. The van der Waals surface area contributed by atoms with E-state index >= 15 is 0 Å². The van der Waals surface area contributed by atoms with Crippen molar-refractivity contribution in [2.75, 3.05) is 0 Å². The molecule has 2 heteroatoms. The Hall–Kier alpha value is -1.66. The molecule has 0 radical (unpaired) electrons. The summed E-state index contributed by atoms with van der Waals surface area (Å²) < 4.78 is 3.96. The molecule has 5 rings (SSSR count). The number of rotatable bonds is 1. The number of aromatic nitrogens is 1. The summed E-state index contributed by atoms with van der Waals surface area (Å²) in [6, 6.07) is 13.7. The second kappa shape index (κ2) is 5.17. The molecular formula is C22H18NZr. The average Bonchev–Trinajstić information content (AvgIpc) is 3.23. The second-order valence-corrected chi connectivity index (χ2v) is 8.40. The Morgan fingerprint density at radius 3 is 2.67 bits per heavy atom. The quantitative estimate of drug-likeness (QED) is 0.419. The molecule has 24 heavy (non-hydrogen) atoms. The van der Waals surface area contributed by atoms with E-state index in [0.29, 0.717) is 0 Å². The molecule has 2 aromatic carbocycles. The normalized spacial score (nSPS) is 15.4. The van der Waals surface area contributed by atoms with Crippen LogP contribution in [0.4, 0.5) is 0 Å². The molecule has 1 aromatic heterocycles. The molecule has 0 spiro atoms. The summed E-state index contributed by atoms with van der Waals surface area (Å²) in [7, 11) is 2.21. The Balaban J connectivity index is 1.80. The van der Waals surface area contributed by atoms with Crippen LogP contribution in [0, 0.1) is 6.92 Å². The number of hydrogen-bond donors (Lipinski definition) is 0. The van der Waals surface area contributed by atoms with Gasteiger partial charge in [-0.2, -0.15) is 0 Å². The fourth-order valence-corrected chi connectivity index (χ4v) is 5.17. The van der Waals surface area contributed by atoms with Crippen LogP contribution in [0.15, 0.2) is 51.8 Å². The third kappa shape index (κ3) is 1.90. The number of hydrogen-bond acceptors (Lipinski definition) is 0. The van der Waals surface area contributed by atoms with Gasteiger partial charge in [-0.15, -0.1) is 0 Å². The molecule has 0 unspecified atom stereocenters. The Kier molecular flexibility index (Phi) is 3.16. The molecule has 0 fully saturated rings. The third-order valence-electron chi connectivity index (χ3n) is 5.47. The third-order valence-corrected chi connectivity index (χ3v) is 6.63. The molecule has 0 bridgehead atoms. The number of allylic oxidation sites excluding steroid dienone is 4. The van der Waals surface area contributed by atoms with E-state index in [-0.39, 0.29) is 0 Å². The first-order chi connectivity index (χ1) is 11.6. The SMILES string of the molecule is Cc1ccc2c(c1)c1c(n2C)-c2cccc(C3=[C]([Zr])CC=C3)c2C1. The first kappa shape index (κ1) is 14.7. The molecule has 0 amide bonds. The van der Waals surface area contributed by atoms with E-state index in [2.05, 4.69) is 67.1 Å². The number of nitrogens with zero attached hydrogens (tertiary/aromatic N) is 1. The van der Waals surface area contributed by atoms with Crippen molar-refractivity contribution in [3.05, 3.63) is 74.1 Å². The van der Waals surface area contributed by atoms with Crippen molar-refractivity contribution in [3.63, 3.8) is 0 Å². The van der Waals surface area contributed by atoms with Gasteiger partial charge >= 0.3 is 158 Å². The minimum absolute atomic E-state index is 1.06. The van der Waals surface area contributed by atoms with Crippen molar-refractivity contribution in [1.82, 2.24) is 4.57 Å². The van der Waals surface area contributed by atoms with E-state index in [1.165, 1.54) is 50.0 Å². The summed E-state index contributed by atoms with van der Waals surface area (Å²) in [5, 5.41) is 1.42. The van der Waals surface area contributed by atoms with Crippen molar-refractivity contribution in [1.29, 1.82) is 0 Å². The van der Waals surface area contributed by atoms with Crippen LogP contribution in [0.25, 0.3) is 27.7 Å². The van der Waals surface area contributed by atoms with Gasteiger partial charge in [0.25, 0.3) is 0 Å². The maximum atomic E-state index is 2.39. The predicted molar refractivity (Wildman–Crippen MR) is 96.6 cm³/mol. The van der Waals surface area contributed by atoms with Gasteiger partial charge in [0, 0.05) is 0 Å². The van der Waals surface area contributed by atoms with Crippen molar-refractivity contribution in [2.45, 2.75) is 19.8 Å². The van der Waals surface area contributed by atoms with Gasteiger partial charge in [0.1, 0.15) is 0 Å². The number of aryl methyl sites for hydroxylation is 2. The zero-order valence-electron chi connectivity index (χ0n) is 14.0. The standard InChI is InChI=1S/C22H18N.Zr/c1-14-10-11-21-19(12-14)20-13-18-16(15-6-3-4-7-15)8-5-9-17(18)22(20)23(21)2;/h3,5-6,8-12H,4,13H2,1-2H3;. The molecule has 115 valence electrons. The van der Waals surface area contributed by atoms with Crippen LogP contribution in [0.3, 0.4) is 0 Å².